The third-order valence-corrected chi connectivity index (χ3v) is 2.92. The van der Waals surface area contributed by atoms with Crippen molar-refractivity contribution in [2.75, 3.05) is 6.54 Å². The molecule has 2 rings (SSSR count). The summed E-state index contributed by atoms with van der Waals surface area (Å²) in [6, 6.07) is 6.90. The molecule has 0 saturated carbocycles. The third kappa shape index (κ3) is 2.79. The van der Waals surface area contributed by atoms with E-state index in [-0.39, 0.29) is 10.6 Å². The maximum Gasteiger partial charge on any atom is 0.274 e. The zero-order valence-electron chi connectivity index (χ0n) is 11.0. The molecule has 1 aromatic heterocycles. The fourth-order valence-electron chi connectivity index (χ4n) is 1.90. The topological polar surface area (TPSA) is 73.0 Å². The first kappa shape index (κ1) is 13.2. The second kappa shape index (κ2) is 5.62. The molecule has 6 nitrogen and oxygen atoms in total. The first-order valence-corrected chi connectivity index (χ1v) is 6.13. The molecule has 2 aromatic rings. The van der Waals surface area contributed by atoms with E-state index in [0.717, 1.165) is 17.9 Å². The van der Waals surface area contributed by atoms with Crippen molar-refractivity contribution in [1.82, 2.24) is 15.1 Å². The number of aromatic nitrogens is 2. The highest BCUT2D eigenvalue weighted by molar-refractivity contribution is 5.52. The Bertz CT molecular complexity index is 592. The van der Waals surface area contributed by atoms with Crippen LogP contribution in [-0.4, -0.2) is 21.2 Å². The highest BCUT2D eigenvalue weighted by Gasteiger charge is 2.14. The van der Waals surface area contributed by atoms with Crippen molar-refractivity contribution in [1.29, 1.82) is 0 Å². The molecule has 0 aliphatic carbocycles. The first-order valence-electron chi connectivity index (χ1n) is 6.13. The second-order valence-corrected chi connectivity index (χ2v) is 4.21. The standard InChI is InChI=1S/C13H16N4O2/c1-3-14-9-11-7-8-16(15-11)12-5-4-6-13(10(12)2)17(18)19/h4-8,14H,3,9H2,1-2H3. The summed E-state index contributed by atoms with van der Waals surface area (Å²) in [6.45, 7) is 5.33. The summed E-state index contributed by atoms with van der Waals surface area (Å²) in [4.78, 5) is 10.5. The Morgan fingerprint density at radius 2 is 2.21 bits per heavy atom. The Morgan fingerprint density at radius 1 is 1.42 bits per heavy atom. The molecule has 6 heteroatoms. The molecule has 0 aliphatic heterocycles. The molecule has 0 radical (unpaired) electrons. The zero-order chi connectivity index (χ0) is 13.8. The van der Waals surface area contributed by atoms with E-state index in [4.69, 9.17) is 0 Å². The van der Waals surface area contributed by atoms with Crippen LogP contribution in [0.15, 0.2) is 30.5 Å². The van der Waals surface area contributed by atoms with Crippen LogP contribution >= 0.6 is 0 Å². The van der Waals surface area contributed by atoms with Crippen molar-refractivity contribution in [2.24, 2.45) is 0 Å². The van der Waals surface area contributed by atoms with Gasteiger partial charge in [-0.05, 0) is 25.6 Å². The van der Waals surface area contributed by atoms with Crippen LogP contribution in [-0.2, 0) is 6.54 Å². The van der Waals surface area contributed by atoms with Crippen LogP contribution in [0, 0.1) is 17.0 Å². The van der Waals surface area contributed by atoms with Crippen LogP contribution < -0.4 is 5.32 Å². The van der Waals surface area contributed by atoms with Crippen molar-refractivity contribution >= 4 is 5.69 Å². The lowest BCUT2D eigenvalue weighted by Crippen LogP contribution is -2.12. The Balaban J connectivity index is 2.34. The van der Waals surface area contributed by atoms with Gasteiger partial charge in [0.25, 0.3) is 5.69 Å². The summed E-state index contributed by atoms with van der Waals surface area (Å²) in [5.74, 6) is 0. The molecule has 0 amide bonds. The van der Waals surface area contributed by atoms with E-state index in [0.29, 0.717) is 12.1 Å². The van der Waals surface area contributed by atoms with E-state index in [1.54, 1.807) is 17.7 Å². The quantitative estimate of drug-likeness (QED) is 0.660. The molecule has 0 aliphatic rings. The van der Waals surface area contributed by atoms with Gasteiger partial charge in [-0.3, -0.25) is 10.1 Å². The summed E-state index contributed by atoms with van der Waals surface area (Å²) >= 11 is 0. The Morgan fingerprint density at radius 3 is 2.89 bits per heavy atom. The molecule has 0 unspecified atom stereocenters. The molecule has 0 atom stereocenters. The summed E-state index contributed by atoms with van der Waals surface area (Å²) in [6.07, 6.45) is 1.82. The molecular formula is C13H16N4O2. The fraction of sp³-hybridized carbons (Fsp3) is 0.308. The largest absolute Gasteiger partial charge is 0.311 e. The van der Waals surface area contributed by atoms with E-state index in [1.165, 1.54) is 6.07 Å². The van der Waals surface area contributed by atoms with Crippen molar-refractivity contribution in [2.45, 2.75) is 20.4 Å². The normalized spacial score (nSPS) is 10.6. The minimum Gasteiger partial charge on any atom is -0.311 e. The summed E-state index contributed by atoms with van der Waals surface area (Å²) in [5, 5.41) is 18.5. The van der Waals surface area contributed by atoms with Crippen LogP contribution in [0.3, 0.4) is 0 Å². The van der Waals surface area contributed by atoms with Crippen LogP contribution in [0.4, 0.5) is 5.69 Å². The van der Waals surface area contributed by atoms with Crippen molar-refractivity contribution in [3.05, 3.63) is 51.8 Å². The minimum atomic E-state index is -0.373. The first-order chi connectivity index (χ1) is 9.13. The molecule has 1 N–H and O–H groups in total. The van der Waals surface area contributed by atoms with Gasteiger partial charge in [-0.15, -0.1) is 0 Å². The highest BCUT2D eigenvalue weighted by Crippen LogP contribution is 2.23. The van der Waals surface area contributed by atoms with Crippen molar-refractivity contribution < 1.29 is 4.92 Å². The lowest BCUT2D eigenvalue weighted by atomic mass is 10.1. The van der Waals surface area contributed by atoms with Gasteiger partial charge in [-0.1, -0.05) is 13.0 Å². The average Bonchev–Trinajstić information content (AvgIpc) is 2.84. The number of nitrogens with zero attached hydrogens (tertiary/aromatic N) is 3. The smallest absolute Gasteiger partial charge is 0.274 e. The summed E-state index contributed by atoms with van der Waals surface area (Å²) in [5.41, 5.74) is 2.37. The summed E-state index contributed by atoms with van der Waals surface area (Å²) < 4.78 is 1.68. The van der Waals surface area contributed by atoms with Gasteiger partial charge in [0.15, 0.2) is 0 Å². The van der Waals surface area contributed by atoms with Crippen molar-refractivity contribution in [3.63, 3.8) is 0 Å². The molecule has 0 bridgehead atoms. The average molecular weight is 260 g/mol. The van der Waals surface area contributed by atoms with Crippen LogP contribution in [0.1, 0.15) is 18.2 Å². The van der Waals surface area contributed by atoms with Gasteiger partial charge in [-0.2, -0.15) is 5.10 Å². The maximum absolute atomic E-state index is 10.9. The monoisotopic (exact) mass is 260 g/mol. The van der Waals surface area contributed by atoms with E-state index >= 15 is 0 Å². The minimum absolute atomic E-state index is 0.112. The number of benzene rings is 1. The Labute approximate surface area is 111 Å². The third-order valence-electron chi connectivity index (χ3n) is 2.92. The Hall–Kier alpha value is -2.21. The molecule has 0 spiro atoms. The van der Waals surface area contributed by atoms with Gasteiger partial charge in [0.1, 0.15) is 0 Å². The van der Waals surface area contributed by atoms with E-state index in [1.807, 2.05) is 25.3 Å². The number of nitro benzene ring substituents is 1. The van der Waals surface area contributed by atoms with Crippen LogP contribution in [0.5, 0.6) is 0 Å². The number of rotatable bonds is 5. The molecular weight excluding hydrogens is 244 g/mol. The van der Waals surface area contributed by atoms with Crippen molar-refractivity contribution in [3.8, 4) is 5.69 Å². The summed E-state index contributed by atoms with van der Waals surface area (Å²) in [7, 11) is 0. The number of nitro groups is 1. The predicted molar refractivity (Wildman–Crippen MR) is 72.3 cm³/mol. The van der Waals surface area contributed by atoms with Gasteiger partial charge in [0.2, 0.25) is 0 Å². The molecule has 100 valence electrons. The maximum atomic E-state index is 10.9. The van der Waals surface area contributed by atoms with Crippen LogP contribution in [0.2, 0.25) is 0 Å². The predicted octanol–water partition coefficient (Wildman–Crippen LogP) is 2.20. The van der Waals surface area contributed by atoms with Gasteiger partial charge < -0.3 is 5.32 Å². The van der Waals surface area contributed by atoms with Gasteiger partial charge >= 0.3 is 0 Å². The van der Waals surface area contributed by atoms with E-state index in [2.05, 4.69) is 10.4 Å². The van der Waals surface area contributed by atoms with Gasteiger partial charge in [0.05, 0.1) is 21.9 Å². The van der Waals surface area contributed by atoms with Crippen LogP contribution in [0.25, 0.3) is 5.69 Å². The fourth-order valence-corrected chi connectivity index (χ4v) is 1.90. The number of hydrogen-bond donors (Lipinski definition) is 1. The second-order valence-electron chi connectivity index (χ2n) is 4.21. The number of hydrogen-bond acceptors (Lipinski definition) is 4. The molecule has 0 saturated heterocycles. The molecule has 19 heavy (non-hydrogen) atoms. The molecule has 1 heterocycles. The SMILES string of the molecule is CCNCc1ccn(-c2cccc([N+](=O)[O-])c2C)n1. The number of nitrogens with one attached hydrogen (secondary N) is 1. The van der Waals surface area contributed by atoms with E-state index < -0.39 is 0 Å². The van der Waals surface area contributed by atoms with Gasteiger partial charge in [0, 0.05) is 18.8 Å². The highest BCUT2D eigenvalue weighted by atomic mass is 16.6. The van der Waals surface area contributed by atoms with E-state index in [9.17, 15) is 10.1 Å². The lowest BCUT2D eigenvalue weighted by Gasteiger charge is -2.06. The molecule has 0 fully saturated rings. The lowest BCUT2D eigenvalue weighted by molar-refractivity contribution is -0.385. The zero-order valence-corrected chi connectivity index (χ0v) is 11.0. The van der Waals surface area contributed by atoms with Gasteiger partial charge in [-0.25, -0.2) is 4.68 Å². The molecule has 1 aromatic carbocycles. The Kier molecular flexibility index (Phi) is 3.91.